The van der Waals surface area contributed by atoms with E-state index >= 15 is 0 Å². The predicted octanol–water partition coefficient (Wildman–Crippen LogP) is 2.84. The molecule has 0 spiro atoms. The van der Waals surface area contributed by atoms with Crippen molar-refractivity contribution in [3.8, 4) is 17.9 Å². The number of ether oxygens (including phenoxy) is 1. The van der Waals surface area contributed by atoms with E-state index in [1.54, 1.807) is 12.1 Å². The third kappa shape index (κ3) is 2.53. The average molecular weight is 316 g/mol. The summed E-state index contributed by atoms with van der Waals surface area (Å²) in [7, 11) is 3.89. The van der Waals surface area contributed by atoms with Crippen LogP contribution in [0.15, 0.2) is 53.9 Å². The Morgan fingerprint density at radius 1 is 1.04 bits per heavy atom. The van der Waals surface area contributed by atoms with Crippen molar-refractivity contribution in [2.24, 2.45) is 5.73 Å². The second-order valence-corrected chi connectivity index (χ2v) is 5.78. The van der Waals surface area contributed by atoms with Crippen molar-refractivity contribution < 1.29 is 4.74 Å². The first-order chi connectivity index (χ1) is 11.5. The number of fused-ring (bicyclic) bond motifs is 1. The van der Waals surface area contributed by atoms with Crippen LogP contribution in [0, 0.1) is 22.7 Å². The van der Waals surface area contributed by atoms with Crippen LogP contribution in [-0.2, 0) is 0 Å². The molecule has 1 atom stereocenters. The summed E-state index contributed by atoms with van der Waals surface area (Å²) in [6.07, 6.45) is 0. The van der Waals surface area contributed by atoms with Crippen LogP contribution in [0.1, 0.15) is 22.6 Å². The summed E-state index contributed by atoms with van der Waals surface area (Å²) >= 11 is 0. The van der Waals surface area contributed by atoms with Crippen LogP contribution in [0.5, 0.6) is 5.75 Å². The van der Waals surface area contributed by atoms with E-state index < -0.39 is 0 Å². The minimum atomic E-state index is -0.303. The molecule has 2 N–H and O–H groups in total. The van der Waals surface area contributed by atoms with Gasteiger partial charge in [-0.1, -0.05) is 18.2 Å². The molecule has 5 heteroatoms. The largest absolute Gasteiger partial charge is 0.440 e. The molecule has 1 unspecified atom stereocenters. The van der Waals surface area contributed by atoms with Gasteiger partial charge in [-0.15, -0.1) is 0 Å². The quantitative estimate of drug-likeness (QED) is 0.920. The van der Waals surface area contributed by atoms with Crippen LogP contribution in [-0.4, -0.2) is 14.1 Å². The second-order valence-electron chi connectivity index (χ2n) is 5.78. The first kappa shape index (κ1) is 15.5. The Bertz CT molecular complexity index is 898. The van der Waals surface area contributed by atoms with Crippen molar-refractivity contribution >= 4 is 5.69 Å². The van der Waals surface area contributed by atoms with Crippen LogP contribution in [0.3, 0.4) is 0 Å². The number of nitrogens with two attached hydrogens (primary N) is 1. The van der Waals surface area contributed by atoms with Crippen molar-refractivity contribution in [1.29, 1.82) is 10.5 Å². The highest BCUT2D eigenvalue weighted by Crippen LogP contribution is 2.43. The molecule has 3 rings (SSSR count). The molecular formula is C19H16N4O. The van der Waals surface area contributed by atoms with Gasteiger partial charge in [0.25, 0.3) is 0 Å². The van der Waals surface area contributed by atoms with E-state index in [4.69, 9.17) is 15.7 Å². The third-order valence-electron chi connectivity index (χ3n) is 4.09. The summed E-state index contributed by atoms with van der Waals surface area (Å²) in [4.78, 5) is 1.97. The molecule has 0 aliphatic carbocycles. The van der Waals surface area contributed by atoms with Gasteiger partial charge in [0.15, 0.2) is 0 Å². The topological polar surface area (TPSA) is 86.1 Å². The van der Waals surface area contributed by atoms with E-state index in [2.05, 4.69) is 12.1 Å². The van der Waals surface area contributed by atoms with Gasteiger partial charge in [-0.05, 0) is 23.8 Å². The molecule has 118 valence electrons. The second kappa shape index (κ2) is 5.98. The fourth-order valence-electron chi connectivity index (χ4n) is 2.82. The van der Waals surface area contributed by atoms with E-state index in [0.29, 0.717) is 16.9 Å². The Balaban J connectivity index is 2.16. The SMILES string of the molecule is CN(C)c1ccc2c(c1)OC(N)=C(C#N)C2c1ccc(C#N)cc1. The number of benzene rings is 2. The Hall–Kier alpha value is -3.44. The Labute approximate surface area is 140 Å². The first-order valence-electron chi connectivity index (χ1n) is 7.44. The maximum Gasteiger partial charge on any atom is 0.205 e. The van der Waals surface area contributed by atoms with Crippen LogP contribution in [0.2, 0.25) is 0 Å². The number of hydrogen-bond acceptors (Lipinski definition) is 5. The summed E-state index contributed by atoms with van der Waals surface area (Å²) in [6.45, 7) is 0. The molecule has 1 aliphatic heterocycles. The van der Waals surface area contributed by atoms with Gasteiger partial charge in [0.2, 0.25) is 5.88 Å². The number of nitriles is 2. The summed E-state index contributed by atoms with van der Waals surface area (Å²) in [5.74, 6) is 0.463. The predicted molar refractivity (Wildman–Crippen MR) is 91.2 cm³/mol. The molecule has 2 aromatic rings. The minimum absolute atomic E-state index is 0.121. The van der Waals surface area contributed by atoms with E-state index in [9.17, 15) is 5.26 Å². The van der Waals surface area contributed by atoms with Gasteiger partial charge in [0, 0.05) is 31.4 Å². The number of rotatable bonds is 2. The molecule has 1 aliphatic rings. The normalized spacial score (nSPS) is 15.8. The summed E-state index contributed by atoms with van der Waals surface area (Å²) in [6, 6.07) is 17.3. The van der Waals surface area contributed by atoms with E-state index in [1.165, 1.54) is 0 Å². The highest BCUT2D eigenvalue weighted by Gasteiger charge is 2.30. The van der Waals surface area contributed by atoms with Crippen molar-refractivity contribution in [3.63, 3.8) is 0 Å². The van der Waals surface area contributed by atoms with Crippen molar-refractivity contribution in [2.45, 2.75) is 5.92 Å². The van der Waals surface area contributed by atoms with Crippen LogP contribution < -0.4 is 15.4 Å². The lowest BCUT2D eigenvalue weighted by Gasteiger charge is -2.27. The van der Waals surface area contributed by atoms with Gasteiger partial charge in [-0.3, -0.25) is 0 Å². The zero-order valence-corrected chi connectivity index (χ0v) is 13.4. The molecule has 2 aromatic carbocycles. The number of anilines is 1. The van der Waals surface area contributed by atoms with Gasteiger partial charge >= 0.3 is 0 Å². The van der Waals surface area contributed by atoms with Crippen LogP contribution in [0.4, 0.5) is 5.69 Å². The standard InChI is InChI=1S/C19H16N4O/c1-23(2)14-7-8-15-17(9-14)24-19(22)16(11-21)18(15)13-5-3-12(10-20)4-6-13/h3-9,18H,22H2,1-2H3. The van der Waals surface area contributed by atoms with Gasteiger partial charge in [0.1, 0.15) is 17.4 Å². The lowest BCUT2D eigenvalue weighted by atomic mass is 9.83. The van der Waals surface area contributed by atoms with Gasteiger partial charge in [0.05, 0.1) is 17.6 Å². The smallest absolute Gasteiger partial charge is 0.205 e. The zero-order valence-electron chi connectivity index (χ0n) is 13.4. The van der Waals surface area contributed by atoms with Crippen molar-refractivity contribution in [2.75, 3.05) is 19.0 Å². The zero-order chi connectivity index (χ0) is 17.3. The van der Waals surface area contributed by atoms with Gasteiger partial charge in [-0.2, -0.15) is 10.5 Å². The monoisotopic (exact) mass is 316 g/mol. The summed E-state index contributed by atoms with van der Waals surface area (Å²) in [5, 5.41) is 18.5. The maximum atomic E-state index is 9.53. The summed E-state index contributed by atoms with van der Waals surface area (Å²) < 4.78 is 5.68. The fourth-order valence-corrected chi connectivity index (χ4v) is 2.82. The molecule has 5 nitrogen and oxygen atoms in total. The third-order valence-corrected chi connectivity index (χ3v) is 4.09. The van der Waals surface area contributed by atoms with E-state index in [-0.39, 0.29) is 11.8 Å². The van der Waals surface area contributed by atoms with Crippen LogP contribution in [0.25, 0.3) is 0 Å². The highest BCUT2D eigenvalue weighted by molar-refractivity contribution is 5.61. The number of hydrogen-bond donors (Lipinski definition) is 1. The molecule has 0 bridgehead atoms. The van der Waals surface area contributed by atoms with Crippen molar-refractivity contribution in [3.05, 3.63) is 70.6 Å². The Morgan fingerprint density at radius 2 is 1.75 bits per heavy atom. The minimum Gasteiger partial charge on any atom is -0.440 e. The van der Waals surface area contributed by atoms with E-state index in [0.717, 1.165) is 16.8 Å². The number of nitrogens with zero attached hydrogens (tertiary/aromatic N) is 3. The average Bonchev–Trinajstić information content (AvgIpc) is 2.60. The maximum absolute atomic E-state index is 9.53. The van der Waals surface area contributed by atoms with Gasteiger partial charge in [-0.25, -0.2) is 0 Å². The molecular weight excluding hydrogens is 300 g/mol. The number of allylic oxidation sites excluding steroid dienone is 1. The fraction of sp³-hybridized carbons (Fsp3) is 0.158. The molecule has 1 heterocycles. The molecule has 0 radical (unpaired) electrons. The first-order valence-corrected chi connectivity index (χ1v) is 7.44. The highest BCUT2D eigenvalue weighted by atomic mass is 16.5. The molecule has 24 heavy (non-hydrogen) atoms. The molecule has 0 saturated heterocycles. The van der Waals surface area contributed by atoms with Crippen molar-refractivity contribution in [1.82, 2.24) is 0 Å². The molecule has 0 aromatic heterocycles. The molecule has 0 fully saturated rings. The summed E-state index contributed by atoms with van der Waals surface area (Å²) in [5.41, 5.74) is 9.71. The Kier molecular flexibility index (Phi) is 3.85. The molecule has 0 amide bonds. The van der Waals surface area contributed by atoms with Gasteiger partial charge < -0.3 is 15.4 Å². The Morgan fingerprint density at radius 3 is 2.33 bits per heavy atom. The lowest BCUT2D eigenvalue weighted by Crippen LogP contribution is -2.21. The van der Waals surface area contributed by atoms with Crippen LogP contribution >= 0.6 is 0 Å². The molecule has 0 saturated carbocycles. The van der Waals surface area contributed by atoms with E-state index in [1.807, 2.05) is 49.3 Å². The lowest BCUT2D eigenvalue weighted by molar-refractivity contribution is 0.394.